The van der Waals surface area contributed by atoms with Crippen molar-refractivity contribution >= 4 is 32.9 Å². The van der Waals surface area contributed by atoms with E-state index in [4.69, 9.17) is 0 Å². The molecule has 2 N–H and O–H groups in total. The number of nitrogens with zero attached hydrogens (tertiary/aromatic N) is 2. The van der Waals surface area contributed by atoms with Gasteiger partial charge in [-0.15, -0.1) is 0 Å². The fourth-order valence-corrected chi connectivity index (χ4v) is 3.55. The Morgan fingerprint density at radius 3 is 2.64 bits per heavy atom. The van der Waals surface area contributed by atoms with Crippen LogP contribution in [0.4, 0.5) is 5.95 Å². The lowest BCUT2D eigenvalue weighted by Gasteiger charge is -2.29. The molecule has 2 heterocycles. The van der Waals surface area contributed by atoms with Gasteiger partial charge in [0, 0.05) is 19.0 Å². The normalized spacial score (nSPS) is 17.7. The molecule has 118 valence electrons. The molecule has 1 saturated heterocycles. The van der Waals surface area contributed by atoms with Gasteiger partial charge in [-0.3, -0.25) is 10.1 Å². The second-order valence-corrected chi connectivity index (χ2v) is 7.51. The van der Waals surface area contributed by atoms with Crippen LogP contribution in [-0.4, -0.2) is 47.9 Å². The number of sulfonamides is 1. The number of piperidine rings is 1. The van der Waals surface area contributed by atoms with Crippen LogP contribution >= 0.6 is 0 Å². The first-order valence-corrected chi connectivity index (χ1v) is 8.99. The fourth-order valence-electron chi connectivity index (χ4n) is 2.68. The third-order valence-corrected chi connectivity index (χ3v) is 5.23. The van der Waals surface area contributed by atoms with Gasteiger partial charge >= 0.3 is 0 Å². The third-order valence-electron chi connectivity index (χ3n) is 3.92. The molecule has 0 aliphatic carbocycles. The minimum atomic E-state index is -3.17. The van der Waals surface area contributed by atoms with E-state index in [1.165, 1.54) is 10.6 Å². The summed E-state index contributed by atoms with van der Waals surface area (Å²) >= 11 is 0. The van der Waals surface area contributed by atoms with E-state index in [0.717, 1.165) is 11.0 Å². The Morgan fingerprint density at radius 1 is 1.32 bits per heavy atom. The lowest BCUT2D eigenvalue weighted by molar-refractivity contribution is -0.120. The average Bonchev–Trinajstić information content (AvgIpc) is 2.88. The maximum atomic E-state index is 12.3. The smallest absolute Gasteiger partial charge is 0.229 e. The van der Waals surface area contributed by atoms with Crippen LogP contribution in [0.3, 0.4) is 0 Å². The summed E-state index contributed by atoms with van der Waals surface area (Å²) in [5, 5.41) is 2.78. The molecule has 1 amide bonds. The number of hydrogen-bond donors (Lipinski definition) is 2. The monoisotopic (exact) mass is 322 g/mol. The number of anilines is 1. The van der Waals surface area contributed by atoms with Crippen molar-refractivity contribution in [3.8, 4) is 0 Å². The number of benzene rings is 1. The number of nitrogens with one attached hydrogen (secondary N) is 2. The molecule has 0 saturated carbocycles. The first-order valence-electron chi connectivity index (χ1n) is 7.14. The molecule has 1 aromatic heterocycles. The minimum absolute atomic E-state index is 0.118. The number of aromatic nitrogens is 2. The molecule has 1 aliphatic rings. The topological polar surface area (TPSA) is 95.2 Å². The van der Waals surface area contributed by atoms with E-state index in [-0.39, 0.29) is 11.8 Å². The number of aromatic amines is 1. The first-order chi connectivity index (χ1) is 10.4. The summed E-state index contributed by atoms with van der Waals surface area (Å²) < 4.78 is 24.3. The Labute approximate surface area is 128 Å². The van der Waals surface area contributed by atoms with E-state index in [0.29, 0.717) is 31.9 Å². The lowest BCUT2D eigenvalue weighted by atomic mass is 9.97. The molecule has 3 rings (SSSR count). The molecule has 0 atom stereocenters. The number of carbonyl (C=O) groups is 1. The molecule has 0 bridgehead atoms. The molecule has 8 heteroatoms. The van der Waals surface area contributed by atoms with Gasteiger partial charge in [0.05, 0.1) is 17.3 Å². The highest BCUT2D eigenvalue weighted by Gasteiger charge is 2.29. The van der Waals surface area contributed by atoms with Gasteiger partial charge in [-0.05, 0) is 25.0 Å². The Bertz CT molecular complexity index is 758. The summed E-state index contributed by atoms with van der Waals surface area (Å²) in [6, 6.07) is 7.54. The van der Waals surface area contributed by atoms with Crippen LogP contribution < -0.4 is 5.32 Å². The Hall–Kier alpha value is -1.93. The van der Waals surface area contributed by atoms with Gasteiger partial charge in [0.1, 0.15) is 0 Å². The fraction of sp³-hybridized carbons (Fsp3) is 0.429. The van der Waals surface area contributed by atoms with E-state index in [2.05, 4.69) is 15.3 Å². The summed E-state index contributed by atoms with van der Waals surface area (Å²) in [5.74, 6) is 0.121. The number of rotatable bonds is 3. The zero-order valence-corrected chi connectivity index (χ0v) is 13.1. The lowest BCUT2D eigenvalue weighted by Crippen LogP contribution is -2.41. The molecule has 22 heavy (non-hydrogen) atoms. The SMILES string of the molecule is CS(=O)(=O)N1CCC(C(=O)Nc2nc3ccccc3[nH]2)CC1. The minimum Gasteiger partial charge on any atom is -0.324 e. The van der Waals surface area contributed by atoms with Gasteiger partial charge in [0.2, 0.25) is 21.9 Å². The molecule has 1 fully saturated rings. The predicted molar refractivity (Wildman–Crippen MR) is 83.9 cm³/mol. The van der Waals surface area contributed by atoms with Crippen molar-refractivity contribution in [3.63, 3.8) is 0 Å². The highest BCUT2D eigenvalue weighted by atomic mass is 32.2. The van der Waals surface area contributed by atoms with Gasteiger partial charge in [0.15, 0.2) is 0 Å². The molecule has 0 radical (unpaired) electrons. The molecule has 2 aromatic rings. The summed E-state index contributed by atoms with van der Waals surface area (Å²) in [7, 11) is -3.17. The Balaban J connectivity index is 1.63. The van der Waals surface area contributed by atoms with Crippen molar-refractivity contribution in [2.75, 3.05) is 24.7 Å². The van der Waals surface area contributed by atoms with Gasteiger partial charge in [0.25, 0.3) is 0 Å². The zero-order chi connectivity index (χ0) is 15.7. The number of carbonyl (C=O) groups excluding carboxylic acids is 1. The molecular formula is C14H18N4O3S. The number of imidazole rings is 1. The molecule has 1 aromatic carbocycles. The van der Waals surface area contributed by atoms with Crippen molar-refractivity contribution < 1.29 is 13.2 Å². The van der Waals surface area contributed by atoms with Gasteiger partial charge < -0.3 is 4.98 Å². The average molecular weight is 322 g/mol. The Kier molecular flexibility index (Phi) is 3.88. The summed E-state index contributed by atoms with van der Waals surface area (Å²) in [5.41, 5.74) is 1.66. The van der Waals surface area contributed by atoms with E-state index < -0.39 is 10.0 Å². The van der Waals surface area contributed by atoms with Crippen LogP contribution in [0.15, 0.2) is 24.3 Å². The molecule has 1 aliphatic heterocycles. The third kappa shape index (κ3) is 3.12. The second kappa shape index (κ2) is 5.69. The zero-order valence-electron chi connectivity index (χ0n) is 12.2. The van der Waals surface area contributed by atoms with Crippen molar-refractivity contribution in [1.82, 2.24) is 14.3 Å². The van der Waals surface area contributed by atoms with Crippen LogP contribution in [0, 0.1) is 5.92 Å². The van der Waals surface area contributed by atoms with Crippen LogP contribution in [0.2, 0.25) is 0 Å². The van der Waals surface area contributed by atoms with Crippen molar-refractivity contribution in [2.24, 2.45) is 5.92 Å². The second-order valence-electron chi connectivity index (χ2n) is 5.53. The standard InChI is InChI=1S/C14H18N4O3S/c1-22(20,21)18-8-6-10(7-9-18)13(19)17-14-15-11-4-2-3-5-12(11)16-14/h2-5,10H,6-9H2,1H3,(H2,15,16,17,19). The van der Waals surface area contributed by atoms with E-state index in [9.17, 15) is 13.2 Å². The summed E-state index contributed by atoms with van der Waals surface area (Å²) in [4.78, 5) is 19.6. The van der Waals surface area contributed by atoms with Gasteiger partial charge in [-0.2, -0.15) is 0 Å². The quantitative estimate of drug-likeness (QED) is 0.887. The van der Waals surface area contributed by atoms with E-state index in [1.54, 1.807) is 0 Å². The number of H-pyrrole nitrogens is 1. The molecule has 7 nitrogen and oxygen atoms in total. The number of amides is 1. The van der Waals surface area contributed by atoms with Crippen molar-refractivity contribution in [3.05, 3.63) is 24.3 Å². The summed E-state index contributed by atoms with van der Waals surface area (Å²) in [6.45, 7) is 0.772. The first kappa shape index (κ1) is 15.0. The van der Waals surface area contributed by atoms with Crippen LogP contribution in [0.25, 0.3) is 11.0 Å². The van der Waals surface area contributed by atoms with Crippen molar-refractivity contribution in [2.45, 2.75) is 12.8 Å². The van der Waals surface area contributed by atoms with Gasteiger partial charge in [-0.1, -0.05) is 12.1 Å². The van der Waals surface area contributed by atoms with Crippen LogP contribution in [-0.2, 0) is 14.8 Å². The molecule has 0 unspecified atom stereocenters. The highest BCUT2D eigenvalue weighted by molar-refractivity contribution is 7.88. The van der Waals surface area contributed by atoms with Crippen molar-refractivity contribution in [1.29, 1.82) is 0 Å². The maximum absolute atomic E-state index is 12.3. The molecule has 0 spiro atoms. The van der Waals surface area contributed by atoms with Crippen LogP contribution in [0.1, 0.15) is 12.8 Å². The Morgan fingerprint density at radius 2 is 2.00 bits per heavy atom. The summed E-state index contributed by atoms with van der Waals surface area (Å²) in [6.07, 6.45) is 2.25. The number of para-hydroxylation sites is 2. The van der Waals surface area contributed by atoms with E-state index in [1.807, 2.05) is 24.3 Å². The predicted octanol–water partition coefficient (Wildman–Crippen LogP) is 1.17. The number of hydrogen-bond acceptors (Lipinski definition) is 4. The van der Waals surface area contributed by atoms with Gasteiger partial charge in [-0.25, -0.2) is 17.7 Å². The number of fused-ring (bicyclic) bond motifs is 1. The molecular weight excluding hydrogens is 304 g/mol. The highest BCUT2D eigenvalue weighted by Crippen LogP contribution is 2.21. The largest absolute Gasteiger partial charge is 0.324 e. The van der Waals surface area contributed by atoms with Crippen LogP contribution in [0.5, 0.6) is 0 Å². The maximum Gasteiger partial charge on any atom is 0.229 e. The van der Waals surface area contributed by atoms with E-state index >= 15 is 0 Å².